The second-order valence-electron chi connectivity index (χ2n) is 4.48. The van der Waals surface area contributed by atoms with Gasteiger partial charge in [-0.05, 0) is 23.8 Å². The molecular weight excluding hydrogens is 399 g/mol. The topological polar surface area (TPSA) is 70.4 Å². The highest BCUT2D eigenvalue weighted by molar-refractivity contribution is 9.10. The molecule has 0 bridgehead atoms. The highest BCUT2D eigenvalue weighted by atomic mass is 79.9. The molecule has 1 aromatic carbocycles. The molecule has 4 nitrogen and oxygen atoms in total. The first-order valence-electron chi connectivity index (χ1n) is 5.97. The summed E-state index contributed by atoms with van der Waals surface area (Å²) < 4.78 is 38.4. The van der Waals surface area contributed by atoms with Gasteiger partial charge in [0.25, 0.3) is 0 Å². The lowest BCUT2D eigenvalue weighted by molar-refractivity contribution is 0.0557. The minimum Gasteiger partial charge on any atom is -0.320 e. The maximum absolute atomic E-state index is 13.8. The number of hydrogen-bond acceptors (Lipinski definition) is 3. The van der Waals surface area contributed by atoms with Gasteiger partial charge in [0, 0.05) is 16.2 Å². The van der Waals surface area contributed by atoms with Gasteiger partial charge >= 0.3 is 13.3 Å². The molecule has 118 valence electrons. The van der Waals surface area contributed by atoms with Gasteiger partial charge in [-0.3, -0.25) is 9.55 Å². The van der Waals surface area contributed by atoms with E-state index >= 15 is 0 Å². The van der Waals surface area contributed by atoms with Crippen molar-refractivity contribution < 1.29 is 23.1 Å². The molecule has 2 rings (SSSR count). The number of thiol groups is 1. The molecular formula is C13H11BrF2NO3PS. The number of rotatable bonds is 4. The average molecular weight is 410 g/mol. The SMILES string of the molecule is O=P(O)(O)C(F)(F)c1ccc(C(S)c2ccccn2)cc1Br. The molecule has 1 heterocycles. The Kier molecular flexibility index (Phi) is 5.09. The highest BCUT2D eigenvalue weighted by Crippen LogP contribution is 2.60. The largest absolute Gasteiger partial charge is 0.399 e. The first-order chi connectivity index (χ1) is 10.1. The summed E-state index contributed by atoms with van der Waals surface area (Å²) in [6, 6.07) is 8.93. The normalized spacial score (nSPS) is 13.9. The van der Waals surface area contributed by atoms with Gasteiger partial charge in [-0.1, -0.05) is 34.1 Å². The molecule has 0 aliphatic carbocycles. The molecule has 1 aromatic heterocycles. The molecule has 0 aliphatic rings. The standard InChI is InChI=1S/C13H11BrF2NO3PS/c14-10-7-8(12(22)11-3-1-2-6-17-11)4-5-9(10)13(15,16)21(18,19)20/h1-7,12,22H,(H2,18,19,20). The quantitative estimate of drug-likeness (QED) is 0.525. The van der Waals surface area contributed by atoms with Crippen LogP contribution in [-0.2, 0) is 10.2 Å². The van der Waals surface area contributed by atoms with Crippen molar-refractivity contribution in [1.29, 1.82) is 0 Å². The average Bonchev–Trinajstić information content (AvgIpc) is 2.45. The van der Waals surface area contributed by atoms with Crippen molar-refractivity contribution in [2.24, 2.45) is 0 Å². The van der Waals surface area contributed by atoms with Crippen LogP contribution in [0.1, 0.15) is 22.1 Å². The van der Waals surface area contributed by atoms with Gasteiger partial charge in [-0.2, -0.15) is 21.4 Å². The molecule has 1 atom stereocenters. The number of alkyl halides is 2. The molecule has 2 N–H and O–H groups in total. The molecule has 0 radical (unpaired) electrons. The van der Waals surface area contributed by atoms with Crippen LogP contribution < -0.4 is 0 Å². The van der Waals surface area contributed by atoms with Gasteiger partial charge in [0.1, 0.15) is 0 Å². The fraction of sp³-hybridized carbons (Fsp3) is 0.154. The minimum absolute atomic E-state index is 0.103. The molecule has 1 unspecified atom stereocenters. The molecule has 0 fully saturated rings. The molecule has 0 saturated heterocycles. The van der Waals surface area contributed by atoms with Crippen LogP contribution in [0.3, 0.4) is 0 Å². The zero-order valence-electron chi connectivity index (χ0n) is 10.9. The molecule has 0 amide bonds. The monoisotopic (exact) mass is 409 g/mol. The van der Waals surface area contributed by atoms with E-state index < -0.39 is 24.1 Å². The van der Waals surface area contributed by atoms with Gasteiger partial charge in [-0.15, -0.1) is 0 Å². The smallest absolute Gasteiger partial charge is 0.320 e. The Morgan fingerprint density at radius 2 is 1.95 bits per heavy atom. The number of halogens is 3. The summed E-state index contributed by atoms with van der Waals surface area (Å²) in [4.78, 5) is 21.7. The number of hydrogen-bond donors (Lipinski definition) is 3. The van der Waals surface area contributed by atoms with Crippen LogP contribution in [-0.4, -0.2) is 14.8 Å². The summed E-state index contributed by atoms with van der Waals surface area (Å²) in [6.45, 7) is 0. The van der Waals surface area contributed by atoms with E-state index in [0.29, 0.717) is 11.3 Å². The van der Waals surface area contributed by atoms with E-state index in [-0.39, 0.29) is 4.47 Å². The van der Waals surface area contributed by atoms with Crippen molar-refractivity contribution in [3.05, 3.63) is 63.9 Å². The van der Waals surface area contributed by atoms with Crippen molar-refractivity contribution in [3.63, 3.8) is 0 Å². The minimum atomic E-state index is -5.61. The Labute approximate surface area is 139 Å². The fourth-order valence-electron chi connectivity index (χ4n) is 1.81. The molecule has 22 heavy (non-hydrogen) atoms. The lowest BCUT2D eigenvalue weighted by Crippen LogP contribution is -2.14. The number of benzene rings is 1. The van der Waals surface area contributed by atoms with Crippen LogP contribution in [0.15, 0.2) is 47.1 Å². The molecule has 0 spiro atoms. The van der Waals surface area contributed by atoms with E-state index in [2.05, 4.69) is 33.5 Å². The number of aromatic nitrogens is 1. The summed E-state index contributed by atoms with van der Waals surface area (Å²) in [7, 11) is -5.61. The molecule has 2 aromatic rings. The van der Waals surface area contributed by atoms with Gasteiger partial charge in [-0.25, -0.2) is 0 Å². The van der Waals surface area contributed by atoms with E-state index in [0.717, 1.165) is 6.07 Å². The number of pyridine rings is 1. The summed E-state index contributed by atoms with van der Waals surface area (Å²) >= 11 is 7.33. The number of nitrogens with zero attached hydrogens (tertiary/aromatic N) is 1. The van der Waals surface area contributed by atoms with Gasteiger partial charge in [0.05, 0.1) is 10.9 Å². The third-order valence-corrected chi connectivity index (χ3v) is 5.16. The summed E-state index contributed by atoms with van der Waals surface area (Å²) in [5.41, 5.74) is -3.83. The van der Waals surface area contributed by atoms with E-state index in [1.807, 2.05) is 0 Å². The predicted molar refractivity (Wildman–Crippen MR) is 85.1 cm³/mol. The van der Waals surface area contributed by atoms with Crippen LogP contribution >= 0.6 is 36.2 Å². The first-order valence-corrected chi connectivity index (χ1v) is 8.89. The Bertz CT molecular complexity index is 726. The Balaban J connectivity index is 2.41. The van der Waals surface area contributed by atoms with Crippen LogP contribution in [0.2, 0.25) is 0 Å². The van der Waals surface area contributed by atoms with Gasteiger partial charge < -0.3 is 9.79 Å². The predicted octanol–water partition coefficient (Wildman–Crippen LogP) is 4.09. The fourth-order valence-corrected chi connectivity index (χ4v) is 3.43. The van der Waals surface area contributed by atoms with E-state index in [4.69, 9.17) is 9.79 Å². The van der Waals surface area contributed by atoms with Crippen molar-refractivity contribution >= 4 is 36.2 Å². The summed E-state index contributed by atoms with van der Waals surface area (Å²) in [6.07, 6.45) is 1.59. The molecule has 0 aliphatic heterocycles. The van der Waals surface area contributed by atoms with Crippen LogP contribution in [0.25, 0.3) is 0 Å². The zero-order chi connectivity index (χ0) is 16.5. The maximum Gasteiger partial charge on any atom is 0.399 e. The lowest BCUT2D eigenvalue weighted by atomic mass is 10.1. The van der Waals surface area contributed by atoms with E-state index in [1.165, 1.54) is 12.1 Å². The summed E-state index contributed by atoms with van der Waals surface area (Å²) in [5.74, 6) is 0. The van der Waals surface area contributed by atoms with E-state index in [1.54, 1.807) is 24.4 Å². The molecule has 9 heteroatoms. The second-order valence-corrected chi connectivity index (χ2v) is 7.50. The van der Waals surface area contributed by atoms with Crippen LogP contribution in [0.4, 0.5) is 8.78 Å². The third kappa shape index (κ3) is 3.41. The van der Waals surface area contributed by atoms with Crippen molar-refractivity contribution in [2.75, 3.05) is 0 Å². The highest BCUT2D eigenvalue weighted by Gasteiger charge is 2.51. The van der Waals surface area contributed by atoms with Crippen molar-refractivity contribution in [3.8, 4) is 0 Å². The van der Waals surface area contributed by atoms with E-state index in [9.17, 15) is 13.3 Å². The zero-order valence-corrected chi connectivity index (χ0v) is 14.3. The van der Waals surface area contributed by atoms with Crippen molar-refractivity contribution in [2.45, 2.75) is 10.9 Å². The lowest BCUT2D eigenvalue weighted by Gasteiger charge is -2.20. The Morgan fingerprint density at radius 1 is 1.27 bits per heavy atom. The Morgan fingerprint density at radius 3 is 2.45 bits per heavy atom. The summed E-state index contributed by atoms with van der Waals surface area (Å²) in [5, 5.41) is -0.449. The van der Waals surface area contributed by atoms with Gasteiger partial charge in [0.2, 0.25) is 0 Å². The second kappa shape index (κ2) is 6.37. The van der Waals surface area contributed by atoms with Crippen LogP contribution in [0, 0.1) is 0 Å². The first kappa shape index (κ1) is 17.6. The molecule has 0 saturated carbocycles. The van der Waals surface area contributed by atoms with Gasteiger partial charge in [0.15, 0.2) is 0 Å². The maximum atomic E-state index is 13.8. The Hall–Kier alpha value is -0.790. The van der Waals surface area contributed by atoms with Crippen molar-refractivity contribution in [1.82, 2.24) is 4.98 Å². The third-order valence-electron chi connectivity index (χ3n) is 2.97. The van der Waals surface area contributed by atoms with Crippen LogP contribution in [0.5, 0.6) is 0 Å².